The molecule has 104 valence electrons. The average Bonchev–Trinajstić information content (AvgIpc) is 3.17. The monoisotopic (exact) mass is 259 g/mol. The van der Waals surface area contributed by atoms with Crippen molar-refractivity contribution in [2.45, 2.75) is 62.4 Å². The first-order chi connectivity index (χ1) is 9.16. The van der Waals surface area contributed by atoms with Crippen molar-refractivity contribution in [1.82, 2.24) is 0 Å². The molecule has 0 unspecified atom stereocenters. The Morgan fingerprint density at radius 2 is 1.79 bits per heavy atom. The minimum absolute atomic E-state index is 0.195. The molecule has 2 fully saturated rings. The van der Waals surface area contributed by atoms with E-state index in [0.29, 0.717) is 0 Å². The molecule has 0 saturated heterocycles. The van der Waals surface area contributed by atoms with Gasteiger partial charge >= 0.3 is 0 Å². The minimum atomic E-state index is -0.402. The van der Waals surface area contributed by atoms with Crippen LogP contribution in [0.3, 0.4) is 0 Å². The number of hydrogen-bond donors (Lipinski definition) is 2. The molecule has 1 aromatic carbocycles. The Balaban J connectivity index is 1.84. The van der Waals surface area contributed by atoms with E-state index in [0.717, 1.165) is 25.8 Å². The fraction of sp³-hybridized carbons (Fsp3) is 0.647. The Kier molecular flexibility index (Phi) is 3.40. The molecular weight excluding hydrogens is 234 g/mol. The van der Waals surface area contributed by atoms with Crippen LogP contribution >= 0.6 is 0 Å². The molecule has 0 spiro atoms. The van der Waals surface area contributed by atoms with Crippen molar-refractivity contribution in [1.29, 1.82) is 0 Å². The summed E-state index contributed by atoms with van der Waals surface area (Å²) in [6, 6.07) is 8.82. The van der Waals surface area contributed by atoms with E-state index >= 15 is 0 Å². The first kappa shape index (κ1) is 13.1. The van der Waals surface area contributed by atoms with Crippen molar-refractivity contribution in [3.63, 3.8) is 0 Å². The number of rotatable bonds is 4. The summed E-state index contributed by atoms with van der Waals surface area (Å²) in [5, 5.41) is 10.1. The zero-order valence-electron chi connectivity index (χ0n) is 11.7. The molecule has 2 heteroatoms. The standard InChI is InChI=1S/C17H25NO/c18-13-16(7-2-1-3-8-16)15-6-4-5-14(11-15)12-17(19)9-10-17/h4-6,11,19H,1-3,7-10,12-13,18H2. The lowest BCUT2D eigenvalue weighted by atomic mass is 9.69. The molecule has 2 nitrogen and oxygen atoms in total. The molecule has 0 amide bonds. The second-order valence-corrected chi connectivity index (χ2v) is 6.65. The number of aliphatic hydroxyl groups is 1. The third-order valence-electron chi connectivity index (χ3n) is 5.10. The number of hydrogen-bond acceptors (Lipinski definition) is 2. The van der Waals surface area contributed by atoms with Crippen molar-refractivity contribution >= 4 is 0 Å². The molecule has 3 N–H and O–H groups in total. The predicted molar refractivity (Wildman–Crippen MR) is 78.1 cm³/mol. The Morgan fingerprint density at radius 1 is 1.05 bits per heavy atom. The van der Waals surface area contributed by atoms with E-state index < -0.39 is 5.60 Å². The van der Waals surface area contributed by atoms with Crippen LogP contribution in [0.1, 0.15) is 56.1 Å². The maximum atomic E-state index is 10.1. The third-order valence-corrected chi connectivity index (χ3v) is 5.10. The number of nitrogens with two attached hydrogens (primary N) is 1. The number of benzene rings is 1. The fourth-order valence-electron chi connectivity index (χ4n) is 3.55. The molecular formula is C17H25NO. The van der Waals surface area contributed by atoms with Gasteiger partial charge in [-0.25, -0.2) is 0 Å². The van der Waals surface area contributed by atoms with Gasteiger partial charge in [0.15, 0.2) is 0 Å². The van der Waals surface area contributed by atoms with Crippen molar-refractivity contribution < 1.29 is 5.11 Å². The molecule has 0 aromatic heterocycles. The molecule has 2 saturated carbocycles. The molecule has 3 rings (SSSR count). The molecule has 0 heterocycles. The van der Waals surface area contributed by atoms with Gasteiger partial charge in [0.1, 0.15) is 0 Å². The molecule has 0 radical (unpaired) electrons. The van der Waals surface area contributed by atoms with Crippen LogP contribution in [-0.2, 0) is 11.8 Å². The molecule has 19 heavy (non-hydrogen) atoms. The summed E-state index contributed by atoms with van der Waals surface area (Å²) < 4.78 is 0. The summed E-state index contributed by atoms with van der Waals surface area (Å²) in [6.45, 7) is 0.751. The zero-order valence-corrected chi connectivity index (χ0v) is 11.7. The van der Waals surface area contributed by atoms with Gasteiger partial charge in [0.25, 0.3) is 0 Å². The Bertz CT molecular complexity index is 444. The van der Waals surface area contributed by atoms with E-state index in [1.807, 2.05) is 0 Å². The van der Waals surface area contributed by atoms with E-state index in [4.69, 9.17) is 5.73 Å². The highest BCUT2D eigenvalue weighted by Gasteiger charge is 2.40. The molecule has 0 atom stereocenters. The highest BCUT2D eigenvalue weighted by Crippen LogP contribution is 2.41. The lowest BCUT2D eigenvalue weighted by molar-refractivity contribution is 0.151. The lowest BCUT2D eigenvalue weighted by Gasteiger charge is -2.37. The molecule has 2 aliphatic rings. The van der Waals surface area contributed by atoms with Gasteiger partial charge in [-0.05, 0) is 36.8 Å². The van der Waals surface area contributed by atoms with Gasteiger partial charge in [-0.3, -0.25) is 0 Å². The maximum Gasteiger partial charge on any atom is 0.0690 e. The van der Waals surface area contributed by atoms with Gasteiger partial charge in [0.05, 0.1) is 5.60 Å². The average molecular weight is 259 g/mol. The largest absolute Gasteiger partial charge is 0.390 e. The summed E-state index contributed by atoms with van der Waals surface area (Å²) in [6.07, 6.45) is 9.10. The van der Waals surface area contributed by atoms with Crippen molar-refractivity contribution in [3.05, 3.63) is 35.4 Å². The Labute approximate surface area is 116 Å². The van der Waals surface area contributed by atoms with E-state index in [-0.39, 0.29) is 5.41 Å². The van der Waals surface area contributed by atoms with Crippen molar-refractivity contribution in [3.8, 4) is 0 Å². The van der Waals surface area contributed by atoms with Gasteiger partial charge in [-0.1, -0.05) is 43.5 Å². The lowest BCUT2D eigenvalue weighted by Crippen LogP contribution is -2.37. The predicted octanol–water partition coefficient (Wildman–Crippen LogP) is 2.91. The summed E-state index contributed by atoms with van der Waals surface area (Å²) >= 11 is 0. The summed E-state index contributed by atoms with van der Waals surface area (Å²) in [5.74, 6) is 0. The van der Waals surface area contributed by atoms with Crippen LogP contribution in [0, 0.1) is 0 Å². The van der Waals surface area contributed by atoms with Crippen LogP contribution in [0.4, 0.5) is 0 Å². The van der Waals surface area contributed by atoms with Crippen LogP contribution in [0.15, 0.2) is 24.3 Å². The van der Waals surface area contributed by atoms with E-state index in [2.05, 4.69) is 24.3 Å². The van der Waals surface area contributed by atoms with Gasteiger partial charge < -0.3 is 10.8 Å². The highest BCUT2D eigenvalue weighted by atomic mass is 16.3. The molecule has 2 aliphatic carbocycles. The van der Waals surface area contributed by atoms with E-state index in [9.17, 15) is 5.11 Å². The third kappa shape index (κ3) is 2.70. The Morgan fingerprint density at radius 3 is 2.42 bits per heavy atom. The van der Waals surface area contributed by atoms with Gasteiger partial charge in [0.2, 0.25) is 0 Å². The first-order valence-corrected chi connectivity index (χ1v) is 7.68. The smallest absolute Gasteiger partial charge is 0.0690 e. The maximum absolute atomic E-state index is 10.1. The quantitative estimate of drug-likeness (QED) is 0.873. The molecule has 0 aliphatic heterocycles. The van der Waals surface area contributed by atoms with E-state index in [1.54, 1.807) is 0 Å². The highest BCUT2D eigenvalue weighted by molar-refractivity contribution is 5.32. The SMILES string of the molecule is NCC1(c2cccc(CC3(O)CC3)c2)CCCCC1. The van der Waals surface area contributed by atoms with Crippen molar-refractivity contribution in [2.24, 2.45) is 5.73 Å². The van der Waals surface area contributed by atoms with Crippen LogP contribution in [0.2, 0.25) is 0 Å². The van der Waals surface area contributed by atoms with Crippen LogP contribution in [-0.4, -0.2) is 17.3 Å². The van der Waals surface area contributed by atoms with Crippen LogP contribution in [0.25, 0.3) is 0 Å². The van der Waals surface area contributed by atoms with Gasteiger partial charge in [-0.2, -0.15) is 0 Å². The summed E-state index contributed by atoms with van der Waals surface area (Å²) in [5.41, 5.74) is 8.58. The van der Waals surface area contributed by atoms with E-state index in [1.165, 1.54) is 43.2 Å². The fourth-order valence-corrected chi connectivity index (χ4v) is 3.55. The minimum Gasteiger partial charge on any atom is -0.390 e. The van der Waals surface area contributed by atoms with Crippen LogP contribution in [0.5, 0.6) is 0 Å². The molecule has 1 aromatic rings. The second kappa shape index (κ2) is 4.92. The topological polar surface area (TPSA) is 46.2 Å². The summed E-state index contributed by atoms with van der Waals surface area (Å²) in [7, 11) is 0. The Hall–Kier alpha value is -0.860. The summed E-state index contributed by atoms with van der Waals surface area (Å²) in [4.78, 5) is 0. The van der Waals surface area contributed by atoms with Gasteiger partial charge in [-0.15, -0.1) is 0 Å². The van der Waals surface area contributed by atoms with Crippen molar-refractivity contribution in [2.75, 3.05) is 6.54 Å². The second-order valence-electron chi connectivity index (χ2n) is 6.65. The first-order valence-electron chi connectivity index (χ1n) is 7.68. The zero-order chi connectivity index (χ0) is 13.3. The molecule has 0 bridgehead atoms. The van der Waals surface area contributed by atoms with Crippen LogP contribution < -0.4 is 5.73 Å². The normalized spacial score (nSPS) is 24.1. The van der Waals surface area contributed by atoms with Gasteiger partial charge in [0, 0.05) is 18.4 Å².